The van der Waals surface area contributed by atoms with Crippen molar-refractivity contribution >= 4 is 17.7 Å². The van der Waals surface area contributed by atoms with Crippen molar-refractivity contribution in [2.75, 3.05) is 5.32 Å². The van der Waals surface area contributed by atoms with Gasteiger partial charge in [0.05, 0.1) is 0 Å². The third kappa shape index (κ3) is 3.79. The number of anilines is 1. The highest BCUT2D eigenvalue weighted by Crippen LogP contribution is 2.14. The van der Waals surface area contributed by atoms with E-state index < -0.39 is 0 Å². The van der Waals surface area contributed by atoms with Crippen LogP contribution in [0.15, 0.2) is 60.2 Å². The molecular formula is C17H11N3O. The summed E-state index contributed by atoms with van der Waals surface area (Å²) in [5, 5.41) is 20.3. The summed E-state index contributed by atoms with van der Waals surface area (Å²) >= 11 is 0. The fraction of sp³-hybridized carbons (Fsp3) is 0. The molecule has 0 saturated carbocycles. The first-order valence-electron chi connectivity index (χ1n) is 6.21. The Kier molecular flexibility index (Phi) is 4.48. The van der Waals surface area contributed by atoms with Crippen molar-refractivity contribution in [2.24, 2.45) is 0 Å². The number of hydrogen-bond acceptors (Lipinski definition) is 3. The van der Waals surface area contributed by atoms with Gasteiger partial charge in [-0.05, 0) is 35.9 Å². The molecule has 0 atom stereocenters. The zero-order valence-electron chi connectivity index (χ0n) is 11.1. The number of hydrogen-bond donors (Lipinski definition) is 1. The van der Waals surface area contributed by atoms with E-state index in [1.54, 1.807) is 60.7 Å². The van der Waals surface area contributed by atoms with Gasteiger partial charge in [-0.15, -0.1) is 0 Å². The zero-order valence-corrected chi connectivity index (χ0v) is 11.1. The number of nitrogens with one attached hydrogen (secondary N) is 1. The minimum atomic E-state index is -0.211. The first-order valence-corrected chi connectivity index (χ1v) is 6.21. The summed E-state index contributed by atoms with van der Waals surface area (Å²) in [5.41, 5.74) is 1.86. The number of nitrogens with zero attached hydrogens (tertiary/aromatic N) is 2. The fourth-order valence-electron chi connectivity index (χ4n) is 1.76. The molecule has 4 nitrogen and oxygen atoms in total. The van der Waals surface area contributed by atoms with E-state index in [0.29, 0.717) is 16.8 Å². The molecule has 2 rings (SSSR count). The van der Waals surface area contributed by atoms with Crippen LogP contribution in [0.4, 0.5) is 5.69 Å². The molecule has 0 radical (unpaired) electrons. The van der Waals surface area contributed by atoms with Crippen LogP contribution in [-0.2, 0) is 0 Å². The van der Waals surface area contributed by atoms with Crippen LogP contribution in [0.25, 0.3) is 6.08 Å². The van der Waals surface area contributed by atoms with E-state index in [2.05, 4.69) is 5.32 Å². The van der Waals surface area contributed by atoms with Gasteiger partial charge in [-0.2, -0.15) is 10.5 Å². The Morgan fingerprint density at radius 3 is 2.38 bits per heavy atom. The monoisotopic (exact) mass is 273 g/mol. The van der Waals surface area contributed by atoms with Crippen molar-refractivity contribution < 1.29 is 4.79 Å². The Morgan fingerprint density at radius 1 is 1.00 bits per heavy atom. The van der Waals surface area contributed by atoms with Gasteiger partial charge in [-0.1, -0.05) is 30.3 Å². The second kappa shape index (κ2) is 6.70. The molecule has 2 aromatic carbocycles. The van der Waals surface area contributed by atoms with Crippen LogP contribution in [0.2, 0.25) is 0 Å². The summed E-state index contributed by atoms with van der Waals surface area (Å²) in [7, 11) is 0. The fourth-order valence-corrected chi connectivity index (χ4v) is 1.76. The topological polar surface area (TPSA) is 76.7 Å². The van der Waals surface area contributed by atoms with Gasteiger partial charge in [0.2, 0.25) is 0 Å². The van der Waals surface area contributed by atoms with Crippen molar-refractivity contribution in [1.82, 2.24) is 0 Å². The molecule has 1 amide bonds. The lowest BCUT2D eigenvalue weighted by atomic mass is 10.1. The average Bonchev–Trinajstić information content (AvgIpc) is 2.53. The molecule has 0 aliphatic carbocycles. The van der Waals surface area contributed by atoms with Gasteiger partial charge in [0.25, 0.3) is 5.91 Å². The lowest BCUT2D eigenvalue weighted by molar-refractivity contribution is 0.102. The smallest absolute Gasteiger partial charge is 0.255 e. The van der Waals surface area contributed by atoms with Gasteiger partial charge in [0, 0.05) is 11.3 Å². The third-order valence-electron chi connectivity index (χ3n) is 2.73. The maximum absolute atomic E-state index is 12.0. The number of rotatable bonds is 3. The molecular weight excluding hydrogens is 262 g/mol. The summed E-state index contributed by atoms with van der Waals surface area (Å²) in [5.74, 6) is -0.211. The van der Waals surface area contributed by atoms with E-state index in [1.807, 2.05) is 6.07 Å². The van der Waals surface area contributed by atoms with Gasteiger partial charge in [0.15, 0.2) is 0 Å². The summed E-state index contributed by atoms with van der Waals surface area (Å²) in [6, 6.07) is 19.4. The predicted molar refractivity (Wildman–Crippen MR) is 80.0 cm³/mol. The van der Waals surface area contributed by atoms with Crippen LogP contribution in [0.1, 0.15) is 15.9 Å². The third-order valence-corrected chi connectivity index (χ3v) is 2.73. The van der Waals surface area contributed by atoms with Crippen molar-refractivity contribution in [3.05, 3.63) is 71.3 Å². The standard InChI is InChI=1S/C17H11N3O/c18-11-14(12-19)9-13-5-4-8-16(10-13)20-17(21)15-6-2-1-3-7-15/h1-10H,(H,20,21). The summed E-state index contributed by atoms with van der Waals surface area (Å²) in [4.78, 5) is 12.0. The number of allylic oxidation sites excluding steroid dienone is 1. The maximum Gasteiger partial charge on any atom is 0.255 e. The maximum atomic E-state index is 12.0. The second-order valence-corrected chi connectivity index (χ2v) is 4.23. The molecule has 2 aromatic rings. The lowest BCUT2D eigenvalue weighted by Gasteiger charge is -2.06. The van der Waals surface area contributed by atoms with Crippen molar-refractivity contribution in [2.45, 2.75) is 0 Å². The molecule has 4 heteroatoms. The molecule has 0 spiro atoms. The molecule has 0 heterocycles. The Morgan fingerprint density at radius 2 is 1.71 bits per heavy atom. The molecule has 0 unspecified atom stereocenters. The minimum Gasteiger partial charge on any atom is -0.322 e. The van der Waals surface area contributed by atoms with Gasteiger partial charge >= 0.3 is 0 Å². The van der Waals surface area contributed by atoms with Crippen LogP contribution in [0, 0.1) is 22.7 Å². The SMILES string of the molecule is N#CC(C#N)=Cc1cccc(NC(=O)c2ccccc2)c1. The summed E-state index contributed by atoms with van der Waals surface area (Å²) in [6.45, 7) is 0. The van der Waals surface area contributed by atoms with E-state index in [0.717, 1.165) is 0 Å². The Labute approximate surface area is 122 Å². The van der Waals surface area contributed by atoms with Crippen molar-refractivity contribution in [3.8, 4) is 12.1 Å². The first-order chi connectivity index (χ1) is 10.2. The average molecular weight is 273 g/mol. The van der Waals surface area contributed by atoms with Gasteiger partial charge in [-0.25, -0.2) is 0 Å². The predicted octanol–water partition coefficient (Wildman–Crippen LogP) is 3.37. The van der Waals surface area contributed by atoms with Crippen LogP contribution >= 0.6 is 0 Å². The number of amides is 1. The van der Waals surface area contributed by atoms with E-state index >= 15 is 0 Å². The zero-order chi connectivity index (χ0) is 15.1. The van der Waals surface area contributed by atoms with E-state index in [9.17, 15) is 4.79 Å². The number of nitriles is 2. The van der Waals surface area contributed by atoms with Crippen LogP contribution in [0.3, 0.4) is 0 Å². The van der Waals surface area contributed by atoms with E-state index in [-0.39, 0.29) is 11.5 Å². The second-order valence-electron chi connectivity index (χ2n) is 4.23. The molecule has 21 heavy (non-hydrogen) atoms. The van der Waals surface area contributed by atoms with Crippen molar-refractivity contribution in [1.29, 1.82) is 10.5 Å². The quantitative estimate of drug-likeness (QED) is 0.871. The lowest BCUT2D eigenvalue weighted by Crippen LogP contribution is -2.11. The highest BCUT2D eigenvalue weighted by Gasteiger charge is 2.05. The highest BCUT2D eigenvalue weighted by molar-refractivity contribution is 6.04. The van der Waals surface area contributed by atoms with E-state index in [1.165, 1.54) is 6.08 Å². The molecule has 1 N–H and O–H groups in total. The summed E-state index contributed by atoms with van der Waals surface area (Å²) < 4.78 is 0. The van der Waals surface area contributed by atoms with Crippen molar-refractivity contribution in [3.63, 3.8) is 0 Å². The van der Waals surface area contributed by atoms with Crippen LogP contribution in [-0.4, -0.2) is 5.91 Å². The number of carbonyl (C=O) groups is 1. The van der Waals surface area contributed by atoms with Gasteiger partial charge in [0.1, 0.15) is 17.7 Å². The van der Waals surface area contributed by atoms with E-state index in [4.69, 9.17) is 10.5 Å². The largest absolute Gasteiger partial charge is 0.322 e. The molecule has 0 fully saturated rings. The first kappa shape index (κ1) is 14.0. The Balaban J connectivity index is 2.20. The molecule has 100 valence electrons. The Bertz CT molecular complexity index is 749. The number of carbonyl (C=O) groups excluding carboxylic acids is 1. The highest BCUT2D eigenvalue weighted by atomic mass is 16.1. The summed E-state index contributed by atoms with van der Waals surface area (Å²) in [6.07, 6.45) is 1.47. The molecule has 0 aliphatic heterocycles. The van der Waals surface area contributed by atoms with Gasteiger partial charge in [-0.3, -0.25) is 4.79 Å². The minimum absolute atomic E-state index is 0.0153. The molecule has 0 saturated heterocycles. The molecule has 0 bridgehead atoms. The number of benzene rings is 2. The van der Waals surface area contributed by atoms with Crippen LogP contribution in [0.5, 0.6) is 0 Å². The normalized spacial score (nSPS) is 9.05. The molecule has 0 aromatic heterocycles. The Hall–Kier alpha value is -3.37. The molecule has 0 aliphatic rings. The van der Waals surface area contributed by atoms with Gasteiger partial charge < -0.3 is 5.32 Å². The van der Waals surface area contributed by atoms with Crippen LogP contribution < -0.4 is 5.32 Å².